The van der Waals surface area contributed by atoms with Crippen LogP contribution in [0.15, 0.2) is 30.3 Å². The number of aliphatic carboxylic acids is 1. The molecule has 1 aromatic carbocycles. The van der Waals surface area contributed by atoms with E-state index in [-0.39, 0.29) is 24.2 Å². The first-order valence-corrected chi connectivity index (χ1v) is 7.65. The number of nitrogens with one attached hydrogen (secondary N) is 1. The maximum atomic E-state index is 12.5. The first-order valence-electron chi connectivity index (χ1n) is 7.65. The molecule has 0 aliphatic rings. The number of carboxylic acids is 1. The smallest absolute Gasteiger partial charge is 0.303 e. The second kappa shape index (κ2) is 8.92. The summed E-state index contributed by atoms with van der Waals surface area (Å²) in [7, 11) is 1.62. The molecule has 0 aliphatic carbocycles. The van der Waals surface area contributed by atoms with E-state index in [1.807, 2.05) is 19.9 Å². The molecule has 126 valence electrons. The van der Waals surface area contributed by atoms with Crippen LogP contribution in [0.2, 0.25) is 0 Å². The number of hydrogen-bond acceptors (Lipinski definition) is 3. The molecule has 1 rings (SSSR count). The van der Waals surface area contributed by atoms with Crippen LogP contribution >= 0.6 is 0 Å². The Balaban J connectivity index is 2.68. The Morgan fingerprint density at radius 3 is 2.30 bits per heavy atom. The van der Waals surface area contributed by atoms with Crippen LogP contribution in [0.5, 0.6) is 0 Å². The fraction of sp³-hybridized carbons (Fsp3) is 0.471. The molecule has 0 aliphatic heterocycles. The van der Waals surface area contributed by atoms with Gasteiger partial charge in [-0.25, -0.2) is 0 Å². The van der Waals surface area contributed by atoms with Crippen LogP contribution in [0.25, 0.3) is 0 Å². The van der Waals surface area contributed by atoms with E-state index in [0.717, 1.165) is 0 Å². The summed E-state index contributed by atoms with van der Waals surface area (Å²) in [4.78, 5) is 36.7. The molecule has 0 heterocycles. The molecule has 0 bridgehead atoms. The molecular weight excluding hydrogens is 296 g/mol. The zero-order valence-corrected chi connectivity index (χ0v) is 13.8. The predicted octanol–water partition coefficient (Wildman–Crippen LogP) is 1.76. The highest BCUT2D eigenvalue weighted by atomic mass is 16.4. The van der Waals surface area contributed by atoms with Gasteiger partial charge in [-0.15, -0.1) is 0 Å². The van der Waals surface area contributed by atoms with Crippen LogP contribution in [0.4, 0.5) is 0 Å². The minimum Gasteiger partial charge on any atom is -0.481 e. The first kappa shape index (κ1) is 18.7. The number of benzene rings is 1. The van der Waals surface area contributed by atoms with Gasteiger partial charge in [-0.2, -0.15) is 0 Å². The number of hydrogen-bond donors (Lipinski definition) is 2. The minimum absolute atomic E-state index is 0.0142. The van der Waals surface area contributed by atoms with E-state index < -0.39 is 12.0 Å². The average Bonchev–Trinajstić information content (AvgIpc) is 2.51. The second-order valence-corrected chi connectivity index (χ2v) is 5.82. The maximum absolute atomic E-state index is 12.5. The Bertz CT molecular complexity index is 543. The van der Waals surface area contributed by atoms with Crippen LogP contribution < -0.4 is 5.32 Å². The molecule has 0 saturated heterocycles. The normalized spacial score (nSPS) is 11.8. The van der Waals surface area contributed by atoms with Gasteiger partial charge in [-0.05, 0) is 24.5 Å². The van der Waals surface area contributed by atoms with Gasteiger partial charge in [0, 0.05) is 25.6 Å². The van der Waals surface area contributed by atoms with Crippen molar-refractivity contribution in [3.63, 3.8) is 0 Å². The Morgan fingerprint density at radius 2 is 1.78 bits per heavy atom. The largest absolute Gasteiger partial charge is 0.481 e. The molecule has 1 atom stereocenters. The molecule has 0 spiro atoms. The molecule has 0 fully saturated rings. The minimum atomic E-state index is -0.886. The molecule has 1 aromatic rings. The van der Waals surface area contributed by atoms with E-state index in [1.165, 1.54) is 4.90 Å². The molecule has 0 radical (unpaired) electrons. The topological polar surface area (TPSA) is 86.7 Å². The van der Waals surface area contributed by atoms with E-state index in [9.17, 15) is 14.4 Å². The van der Waals surface area contributed by atoms with Crippen molar-refractivity contribution < 1.29 is 19.5 Å². The Labute approximate surface area is 136 Å². The maximum Gasteiger partial charge on any atom is 0.303 e. The van der Waals surface area contributed by atoms with Crippen molar-refractivity contribution in [1.29, 1.82) is 0 Å². The lowest BCUT2D eigenvalue weighted by molar-refractivity contribution is -0.138. The SMILES string of the molecule is CC(C)[C@@H](NC(=O)c1ccccc1)C(=O)N(C)CCCC(=O)O. The first-order chi connectivity index (χ1) is 10.8. The molecular formula is C17H24N2O4. The van der Waals surface area contributed by atoms with Gasteiger partial charge in [-0.3, -0.25) is 14.4 Å². The molecule has 23 heavy (non-hydrogen) atoms. The number of amides is 2. The number of nitrogens with zero attached hydrogens (tertiary/aromatic N) is 1. The molecule has 0 aromatic heterocycles. The molecule has 0 saturated carbocycles. The highest BCUT2D eigenvalue weighted by molar-refractivity contribution is 5.97. The average molecular weight is 320 g/mol. The fourth-order valence-electron chi connectivity index (χ4n) is 2.14. The summed E-state index contributed by atoms with van der Waals surface area (Å²) in [6.45, 7) is 4.06. The fourth-order valence-corrected chi connectivity index (χ4v) is 2.14. The Morgan fingerprint density at radius 1 is 1.17 bits per heavy atom. The van der Waals surface area contributed by atoms with Gasteiger partial charge in [-0.1, -0.05) is 32.0 Å². The van der Waals surface area contributed by atoms with Gasteiger partial charge in [0.1, 0.15) is 6.04 Å². The molecule has 0 unspecified atom stereocenters. The lowest BCUT2D eigenvalue weighted by atomic mass is 10.0. The predicted molar refractivity (Wildman–Crippen MR) is 87.0 cm³/mol. The van der Waals surface area contributed by atoms with E-state index >= 15 is 0 Å². The highest BCUT2D eigenvalue weighted by Crippen LogP contribution is 2.08. The third kappa shape index (κ3) is 6.10. The molecule has 2 amide bonds. The van der Waals surface area contributed by atoms with Crippen LogP contribution in [-0.4, -0.2) is 47.4 Å². The lowest BCUT2D eigenvalue weighted by Gasteiger charge is -2.27. The molecule has 6 nitrogen and oxygen atoms in total. The van der Waals surface area contributed by atoms with E-state index in [0.29, 0.717) is 18.5 Å². The summed E-state index contributed by atoms with van der Waals surface area (Å²) in [5, 5.41) is 11.4. The van der Waals surface area contributed by atoms with Crippen LogP contribution in [0.1, 0.15) is 37.0 Å². The number of rotatable bonds is 8. The van der Waals surface area contributed by atoms with Crippen molar-refractivity contribution >= 4 is 17.8 Å². The zero-order valence-electron chi connectivity index (χ0n) is 13.8. The third-order valence-electron chi connectivity index (χ3n) is 3.52. The van der Waals surface area contributed by atoms with Crippen molar-refractivity contribution in [3.05, 3.63) is 35.9 Å². The number of carbonyl (C=O) groups is 3. The standard InChI is InChI=1S/C17H24N2O4/c1-12(2)15(17(23)19(3)11-7-10-14(20)21)18-16(22)13-8-5-4-6-9-13/h4-6,8-9,12,15H,7,10-11H2,1-3H3,(H,18,22)(H,20,21)/t15-/m1/s1. The summed E-state index contributed by atoms with van der Waals surface area (Å²) >= 11 is 0. The van der Waals surface area contributed by atoms with Crippen LogP contribution in [0, 0.1) is 5.92 Å². The summed E-state index contributed by atoms with van der Waals surface area (Å²) in [6, 6.07) is 8.08. The number of likely N-dealkylation sites (N-methyl/N-ethyl adjacent to an activating group) is 1. The highest BCUT2D eigenvalue weighted by Gasteiger charge is 2.27. The Hall–Kier alpha value is -2.37. The summed E-state index contributed by atoms with van der Waals surface area (Å²) in [5.41, 5.74) is 0.500. The summed E-state index contributed by atoms with van der Waals surface area (Å²) in [6.07, 6.45) is 0.398. The van der Waals surface area contributed by atoms with Gasteiger partial charge >= 0.3 is 5.97 Å². The van der Waals surface area contributed by atoms with Crippen LogP contribution in [0.3, 0.4) is 0 Å². The van der Waals surface area contributed by atoms with Crippen LogP contribution in [-0.2, 0) is 9.59 Å². The number of carboxylic acid groups (broad SMARTS) is 1. The van der Waals surface area contributed by atoms with Gasteiger partial charge in [0.15, 0.2) is 0 Å². The third-order valence-corrected chi connectivity index (χ3v) is 3.52. The monoisotopic (exact) mass is 320 g/mol. The zero-order chi connectivity index (χ0) is 17.4. The van der Waals surface area contributed by atoms with Gasteiger partial charge < -0.3 is 15.3 Å². The van der Waals surface area contributed by atoms with Crippen molar-refractivity contribution in [2.75, 3.05) is 13.6 Å². The van der Waals surface area contributed by atoms with Gasteiger partial charge in [0.25, 0.3) is 5.91 Å². The van der Waals surface area contributed by atoms with Gasteiger partial charge in [0.05, 0.1) is 0 Å². The quantitative estimate of drug-likeness (QED) is 0.764. The van der Waals surface area contributed by atoms with Gasteiger partial charge in [0.2, 0.25) is 5.91 Å². The Kier molecular flexibility index (Phi) is 7.25. The van der Waals surface area contributed by atoms with E-state index in [1.54, 1.807) is 31.3 Å². The summed E-state index contributed by atoms with van der Waals surface area (Å²) < 4.78 is 0. The van der Waals surface area contributed by atoms with Crippen molar-refractivity contribution in [2.45, 2.75) is 32.7 Å². The number of carbonyl (C=O) groups excluding carboxylic acids is 2. The second-order valence-electron chi connectivity index (χ2n) is 5.82. The molecule has 2 N–H and O–H groups in total. The van der Waals surface area contributed by atoms with E-state index in [2.05, 4.69) is 5.32 Å². The van der Waals surface area contributed by atoms with E-state index in [4.69, 9.17) is 5.11 Å². The summed E-state index contributed by atoms with van der Waals surface area (Å²) in [5.74, 6) is -1.47. The van der Waals surface area contributed by atoms with Crippen molar-refractivity contribution in [3.8, 4) is 0 Å². The lowest BCUT2D eigenvalue weighted by Crippen LogP contribution is -2.50. The molecule has 6 heteroatoms. The van der Waals surface area contributed by atoms with Crippen molar-refractivity contribution in [2.24, 2.45) is 5.92 Å². The van der Waals surface area contributed by atoms with Crippen molar-refractivity contribution in [1.82, 2.24) is 10.2 Å².